The highest BCUT2D eigenvalue weighted by Crippen LogP contribution is 2.24. The summed E-state index contributed by atoms with van der Waals surface area (Å²) in [5.74, 6) is 0.568. The number of amides is 2. The maximum atomic E-state index is 13.1. The van der Waals surface area contributed by atoms with Gasteiger partial charge in [-0.1, -0.05) is 64.5 Å². The number of alkyl carbamates (subject to hydrolysis) is 1. The van der Waals surface area contributed by atoms with Gasteiger partial charge >= 0.3 is 6.09 Å². The molecule has 6 nitrogen and oxygen atoms in total. The van der Waals surface area contributed by atoms with E-state index < -0.39 is 12.1 Å². The Balaban J connectivity index is 0.00000122. The molecule has 1 aliphatic heterocycles. The van der Waals surface area contributed by atoms with Crippen molar-refractivity contribution in [2.75, 3.05) is 19.0 Å². The van der Waals surface area contributed by atoms with Gasteiger partial charge in [0.2, 0.25) is 5.91 Å². The summed E-state index contributed by atoms with van der Waals surface area (Å²) in [5, 5.41) is 2.90. The Labute approximate surface area is 213 Å². The minimum Gasteiger partial charge on any atom is -0.496 e. The molecular weight excluding hydrogens is 531 g/mol. The van der Waals surface area contributed by atoms with E-state index in [1.807, 2.05) is 61.5 Å². The summed E-state index contributed by atoms with van der Waals surface area (Å²) in [6.45, 7) is 2.94. The molecule has 178 valence electrons. The number of ether oxygens (including phenoxy) is 2. The van der Waals surface area contributed by atoms with Gasteiger partial charge in [0.15, 0.2) is 0 Å². The molecule has 1 N–H and O–H groups in total. The summed E-state index contributed by atoms with van der Waals surface area (Å²) in [4.78, 5) is 27.1. The van der Waals surface area contributed by atoms with Crippen LogP contribution in [0.15, 0.2) is 59.1 Å². The normalized spacial score (nSPS) is 15.5. The first-order valence-electron chi connectivity index (χ1n) is 10.2. The SMILES string of the molecule is COc1cc(C)ccc1CN1CC(Br)=CC[C@@H](NC(=O)OCc2ccccc2)C1=O.ClCCl. The average molecular weight is 558 g/mol. The molecule has 0 saturated heterocycles. The predicted molar refractivity (Wildman–Crippen MR) is 135 cm³/mol. The molecule has 0 saturated carbocycles. The molecule has 33 heavy (non-hydrogen) atoms. The molecule has 0 aliphatic carbocycles. The second-order valence-corrected chi connectivity index (χ2v) is 9.08. The van der Waals surface area contributed by atoms with Crippen molar-refractivity contribution in [3.63, 3.8) is 0 Å². The molecule has 0 unspecified atom stereocenters. The van der Waals surface area contributed by atoms with Gasteiger partial charge in [-0.15, -0.1) is 23.2 Å². The maximum absolute atomic E-state index is 13.1. The molecular formula is C24H27BrCl2N2O4. The van der Waals surface area contributed by atoms with E-state index in [2.05, 4.69) is 21.2 Å². The second-order valence-electron chi connectivity index (χ2n) is 7.26. The van der Waals surface area contributed by atoms with Gasteiger partial charge < -0.3 is 19.7 Å². The number of nitrogens with one attached hydrogen (secondary N) is 1. The molecule has 1 heterocycles. The number of hydrogen-bond acceptors (Lipinski definition) is 4. The lowest BCUT2D eigenvalue weighted by Gasteiger charge is -2.26. The lowest BCUT2D eigenvalue weighted by molar-refractivity contribution is -0.133. The van der Waals surface area contributed by atoms with E-state index >= 15 is 0 Å². The van der Waals surface area contributed by atoms with Crippen LogP contribution in [0.3, 0.4) is 0 Å². The minimum absolute atomic E-state index is 0.150. The lowest BCUT2D eigenvalue weighted by atomic mass is 10.1. The van der Waals surface area contributed by atoms with Crippen molar-refractivity contribution < 1.29 is 19.1 Å². The number of methoxy groups -OCH3 is 1. The highest BCUT2D eigenvalue weighted by atomic mass is 79.9. The van der Waals surface area contributed by atoms with Crippen LogP contribution in [0.4, 0.5) is 4.79 Å². The van der Waals surface area contributed by atoms with Gasteiger partial charge in [-0.3, -0.25) is 4.79 Å². The molecule has 0 spiro atoms. The molecule has 1 atom stereocenters. The number of benzene rings is 2. The van der Waals surface area contributed by atoms with E-state index in [-0.39, 0.29) is 17.9 Å². The monoisotopic (exact) mass is 556 g/mol. The van der Waals surface area contributed by atoms with Crippen LogP contribution in [0.1, 0.15) is 23.1 Å². The van der Waals surface area contributed by atoms with Crippen LogP contribution in [0.25, 0.3) is 0 Å². The molecule has 2 aromatic rings. The van der Waals surface area contributed by atoms with Crippen molar-refractivity contribution in [2.45, 2.75) is 32.5 Å². The number of rotatable bonds is 6. The lowest BCUT2D eigenvalue weighted by Crippen LogP contribution is -2.47. The number of hydrogen-bond donors (Lipinski definition) is 1. The zero-order valence-corrected chi connectivity index (χ0v) is 21.6. The van der Waals surface area contributed by atoms with Gasteiger partial charge in [-0.2, -0.15) is 0 Å². The predicted octanol–water partition coefficient (Wildman–Crippen LogP) is 5.73. The number of alkyl halides is 2. The minimum atomic E-state index is -0.695. The van der Waals surface area contributed by atoms with E-state index in [0.717, 1.165) is 26.9 Å². The molecule has 0 radical (unpaired) electrons. The van der Waals surface area contributed by atoms with Gasteiger partial charge in [0.05, 0.1) is 19.0 Å². The van der Waals surface area contributed by atoms with Crippen LogP contribution in [0.2, 0.25) is 0 Å². The van der Waals surface area contributed by atoms with Gasteiger partial charge in [-0.25, -0.2) is 4.79 Å². The largest absolute Gasteiger partial charge is 0.496 e. The van der Waals surface area contributed by atoms with E-state index in [1.54, 1.807) is 12.0 Å². The summed E-state index contributed by atoms with van der Waals surface area (Å²) < 4.78 is 11.6. The number of carbonyl (C=O) groups excluding carboxylic acids is 2. The highest BCUT2D eigenvalue weighted by molar-refractivity contribution is 9.11. The van der Waals surface area contributed by atoms with E-state index in [9.17, 15) is 9.59 Å². The summed E-state index contributed by atoms with van der Waals surface area (Å²) in [7, 11) is 1.62. The number of nitrogens with zero attached hydrogens (tertiary/aromatic N) is 1. The first-order chi connectivity index (χ1) is 15.9. The quantitative estimate of drug-likeness (QED) is 0.460. The van der Waals surface area contributed by atoms with Crippen molar-refractivity contribution >= 4 is 51.1 Å². The second kappa shape index (κ2) is 14.1. The Morgan fingerprint density at radius 1 is 1.21 bits per heavy atom. The smallest absolute Gasteiger partial charge is 0.408 e. The van der Waals surface area contributed by atoms with Crippen LogP contribution < -0.4 is 10.1 Å². The Kier molecular flexibility index (Phi) is 11.6. The zero-order valence-electron chi connectivity index (χ0n) is 18.5. The van der Waals surface area contributed by atoms with Crippen molar-refractivity contribution in [3.05, 3.63) is 75.8 Å². The maximum Gasteiger partial charge on any atom is 0.408 e. The Hall–Kier alpha value is -2.22. The third kappa shape index (κ3) is 8.91. The summed E-state index contributed by atoms with van der Waals surface area (Å²) >= 11 is 13.0. The van der Waals surface area contributed by atoms with Crippen LogP contribution >= 0.6 is 39.1 Å². The summed E-state index contributed by atoms with van der Waals surface area (Å²) in [6, 6.07) is 14.6. The van der Waals surface area contributed by atoms with Crippen LogP contribution in [0.5, 0.6) is 5.75 Å². The van der Waals surface area contributed by atoms with Crippen molar-refractivity contribution in [1.29, 1.82) is 0 Å². The van der Waals surface area contributed by atoms with Gasteiger partial charge in [0.25, 0.3) is 0 Å². The molecule has 0 aromatic heterocycles. The molecule has 0 bridgehead atoms. The van der Waals surface area contributed by atoms with E-state index in [1.165, 1.54) is 0 Å². The molecule has 3 rings (SSSR count). The topological polar surface area (TPSA) is 67.9 Å². The van der Waals surface area contributed by atoms with Gasteiger partial charge in [0.1, 0.15) is 18.4 Å². The van der Waals surface area contributed by atoms with Gasteiger partial charge in [-0.05, 0) is 30.5 Å². The molecule has 2 aromatic carbocycles. The number of aryl methyl sites for hydroxylation is 1. The van der Waals surface area contributed by atoms with Crippen molar-refractivity contribution in [1.82, 2.24) is 10.2 Å². The summed E-state index contributed by atoms with van der Waals surface area (Å²) in [6.07, 6.45) is 1.69. The van der Waals surface area contributed by atoms with Crippen molar-refractivity contribution in [3.8, 4) is 5.75 Å². The fourth-order valence-corrected chi connectivity index (χ4v) is 3.73. The average Bonchev–Trinajstić information content (AvgIpc) is 2.93. The molecule has 0 fully saturated rings. The standard InChI is InChI=1S/C23H25BrN2O4.CH2Cl2/c1-16-8-9-18(21(12-16)29-2)13-26-14-19(24)10-11-20(22(26)27)25-23(28)30-15-17-6-4-3-5-7-17;2-1-3/h3-10,12,20H,11,13-15H2,1-2H3,(H,25,28);1H2/t20-;/m1./s1. The third-order valence-corrected chi connectivity index (χ3v) is 5.41. The van der Waals surface area contributed by atoms with Crippen LogP contribution in [-0.2, 0) is 22.7 Å². The van der Waals surface area contributed by atoms with Crippen LogP contribution in [0, 0.1) is 6.92 Å². The zero-order chi connectivity index (χ0) is 24.2. The molecule has 2 amide bonds. The first kappa shape index (κ1) is 27.0. The highest BCUT2D eigenvalue weighted by Gasteiger charge is 2.29. The Morgan fingerprint density at radius 2 is 1.91 bits per heavy atom. The van der Waals surface area contributed by atoms with Gasteiger partial charge in [0, 0.05) is 16.6 Å². The third-order valence-electron chi connectivity index (χ3n) is 4.84. The fraction of sp³-hybridized carbons (Fsp3) is 0.333. The Morgan fingerprint density at radius 3 is 2.58 bits per heavy atom. The molecule has 9 heteroatoms. The first-order valence-corrected chi connectivity index (χ1v) is 12.1. The van der Waals surface area contributed by atoms with E-state index in [4.69, 9.17) is 32.7 Å². The fourth-order valence-electron chi connectivity index (χ4n) is 3.24. The van der Waals surface area contributed by atoms with Crippen LogP contribution in [-0.4, -0.2) is 41.9 Å². The Bertz CT molecular complexity index is 957. The molecule has 1 aliphatic rings. The number of halogens is 3. The summed E-state index contributed by atoms with van der Waals surface area (Å²) in [5.41, 5.74) is 2.87. The number of carbonyl (C=O) groups is 2. The van der Waals surface area contributed by atoms with Crippen molar-refractivity contribution in [2.24, 2.45) is 0 Å². The van der Waals surface area contributed by atoms with E-state index in [0.29, 0.717) is 19.5 Å².